The smallest absolute Gasteiger partial charge is 0.225 e. The van der Waals surface area contributed by atoms with Gasteiger partial charge in [-0.25, -0.2) is 23.9 Å². The molecule has 1 saturated heterocycles. The van der Waals surface area contributed by atoms with Gasteiger partial charge in [0.25, 0.3) is 0 Å². The van der Waals surface area contributed by atoms with Crippen molar-refractivity contribution in [2.75, 3.05) is 36.0 Å². The van der Waals surface area contributed by atoms with Crippen LogP contribution < -0.4 is 9.80 Å². The predicted octanol–water partition coefficient (Wildman–Crippen LogP) is 4.10. The van der Waals surface area contributed by atoms with E-state index >= 15 is 0 Å². The molecule has 1 aliphatic rings. The highest BCUT2D eigenvalue weighted by Crippen LogP contribution is 2.28. The maximum absolute atomic E-state index is 13.2. The molecule has 0 aliphatic carbocycles. The van der Waals surface area contributed by atoms with Crippen molar-refractivity contribution in [1.82, 2.24) is 29.7 Å². The molecular formula is C26H25FN8O. The molecule has 10 heteroatoms. The summed E-state index contributed by atoms with van der Waals surface area (Å²) in [5, 5.41) is 8.49. The summed E-state index contributed by atoms with van der Waals surface area (Å²) in [4.78, 5) is 18.3. The van der Waals surface area contributed by atoms with Crippen LogP contribution in [0, 0.1) is 12.7 Å². The standard InChI is InChI=1S/C26H25FN8O/c1-17-11-23(32-36-17)20-12-24-25(30-16-31-35(24)15-20)33-7-9-34(10-8-33)26-28-13-21(14-29-26)18(2)19-3-5-22(27)6-4-19/h3-6,11-16,18H,7-10H2,1-2H3/t18-/m1/s1. The van der Waals surface area contributed by atoms with Gasteiger partial charge < -0.3 is 14.3 Å². The number of benzene rings is 1. The van der Waals surface area contributed by atoms with Gasteiger partial charge in [-0.15, -0.1) is 0 Å². The number of fused-ring (bicyclic) bond motifs is 1. The Kier molecular flexibility index (Phi) is 5.55. The maximum Gasteiger partial charge on any atom is 0.225 e. The third kappa shape index (κ3) is 4.15. The molecule has 5 heterocycles. The molecule has 0 bridgehead atoms. The Morgan fingerprint density at radius 2 is 1.64 bits per heavy atom. The number of halogens is 1. The van der Waals surface area contributed by atoms with Crippen LogP contribution in [0.2, 0.25) is 0 Å². The molecule has 0 N–H and O–H groups in total. The number of hydrogen-bond acceptors (Lipinski definition) is 8. The lowest BCUT2D eigenvalue weighted by atomic mass is 9.95. The van der Waals surface area contributed by atoms with E-state index in [0.717, 1.165) is 65.7 Å². The highest BCUT2D eigenvalue weighted by atomic mass is 19.1. The summed E-state index contributed by atoms with van der Waals surface area (Å²) in [7, 11) is 0. The molecule has 0 saturated carbocycles. The molecule has 4 aromatic heterocycles. The van der Waals surface area contributed by atoms with Crippen molar-refractivity contribution in [2.45, 2.75) is 19.8 Å². The van der Waals surface area contributed by atoms with Crippen molar-refractivity contribution in [3.05, 3.63) is 84.0 Å². The summed E-state index contributed by atoms with van der Waals surface area (Å²) >= 11 is 0. The average Bonchev–Trinajstić information content (AvgIpc) is 3.55. The molecule has 5 aromatic rings. The number of aromatic nitrogens is 6. The first-order chi connectivity index (χ1) is 17.5. The van der Waals surface area contributed by atoms with E-state index in [0.29, 0.717) is 5.95 Å². The molecule has 182 valence electrons. The molecule has 0 unspecified atom stereocenters. The van der Waals surface area contributed by atoms with Crippen LogP contribution in [0.15, 0.2) is 65.8 Å². The average molecular weight is 485 g/mol. The van der Waals surface area contributed by atoms with E-state index in [1.54, 1.807) is 18.5 Å². The minimum Gasteiger partial charge on any atom is -0.361 e. The van der Waals surface area contributed by atoms with Crippen molar-refractivity contribution in [3.63, 3.8) is 0 Å². The molecule has 1 aromatic carbocycles. The lowest BCUT2D eigenvalue weighted by Crippen LogP contribution is -2.47. The fourth-order valence-electron chi connectivity index (χ4n) is 4.58. The van der Waals surface area contributed by atoms with Crippen LogP contribution in [0.5, 0.6) is 0 Å². The van der Waals surface area contributed by atoms with Crippen molar-refractivity contribution >= 4 is 17.3 Å². The molecular weight excluding hydrogens is 459 g/mol. The zero-order valence-corrected chi connectivity index (χ0v) is 20.0. The number of nitrogens with zero attached hydrogens (tertiary/aromatic N) is 8. The van der Waals surface area contributed by atoms with Crippen LogP contribution in [-0.2, 0) is 0 Å². The summed E-state index contributed by atoms with van der Waals surface area (Å²) in [6.45, 7) is 7.07. The Morgan fingerprint density at radius 3 is 2.33 bits per heavy atom. The van der Waals surface area contributed by atoms with E-state index in [-0.39, 0.29) is 11.7 Å². The van der Waals surface area contributed by atoms with Crippen molar-refractivity contribution < 1.29 is 8.91 Å². The summed E-state index contributed by atoms with van der Waals surface area (Å²) < 4.78 is 20.3. The maximum atomic E-state index is 13.2. The minimum absolute atomic E-state index is 0.0878. The molecule has 0 amide bonds. The Morgan fingerprint density at radius 1 is 0.917 bits per heavy atom. The second kappa shape index (κ2) is 9.03. The third-order valence-corrected chi connectivity index (χ3v) is 6.70. The van der Waals surface area contributed by atoms with Gasteiger partial charge in [-0.3, -0.25) is 0 Å². The second-order valence-electron chi connectivity index (χ2n) is 9.03. The van der Waals surface area contributed by atoms with E-state index in [1.165, 1.54) is 12.1 Å². The Hall–Kier alpha value is -4.34. The summed E-state index contributed by atoms with van der Waals surface area (Å²) in [5.74, 6) is 2.22. The summed E-state index contributed by atoms with van der Waals surface area (Å²) in [6.07, 6.45) is 7.25. The van der Waals surface area contributed by atoms with Crippen LogP contribution in [-0.4, -0.2) is 55.9 Å². The lowest BCUT2D eigenvalue weighted by molar-refractivity contribution is 0.399. The lowest BCUT2D eigenvalue weighted by Gasteiger charge is -2.35. The van der Waals surface area contributed by atoms with Gasteiger partial charge in [0.1, 0.15) is 29.1 Å². The van der Waals surface area contributed by atoms with Gasteiger partial charge >= 0.3 is 0 Å². The van der Waals surface area contributed by atoms with Gasteiger partial charge in [0.2, 0.25) is 5.95 Å². The van der Waals surface area contributed by atoms with Gasteiger partial charge in [-0.2, -0.15) is 5.10 Å². The van der Waals surface area contributed by atoms with Gasteiger partial charge in [-0.1, -0.05) is 24.2 Å². The molecule has 6 rings (SSSR count). The molecule has 0 spiro atoms. The van der Waals surface area contributed by atoms with Gasteiger partial charge in [0, 0.05) is 62.3 Å². The van der Waals surface area contributed by atoms with E-state index in [9.17, 15) is 4.39 Å². The quantitative estimate of drug-likeness (QED) is 0.368. The van der Waals surface area contributed by atoms with Crippen LogP contribution in [0.4, 0.5) is 16.2 Å². The number of hydrogen-bond donors (Lipinski definition) is 0. The van der Waals surface area contributed by atoms with Crippen LogP contribution in [0.3, 0.4) is 0 Å². The molecule has 1 aliphatic heterocycles. The predicted molar refractivity (Wildman–Crippen MR) is 134 cm³/mol. The fourth-order valence-corrected chi connectivity index (χ4v) is 4.58. The first kappa shape index (κ1) is 22.1. The first-order valence-corrected chi connectivity index (χ1v) is 11.9. The molecule has 9 nitrogen and oxygen atoms in total. The molecule has 0 radical (unpaired) electrons. The SMILES string of the molecule is Cc1cc(-c2cc3c(N4CCN(c5ncc([C@H](C)c6ccc(F)cc6)cn5)CC4)ncnn3c2)no1. The number of aryl methyl sites for hydroxylation is 1. The normalized spacial score (nSPS) is 15.0. The number of rotatable bonds is 5. The third-order valence-electron chi connectivity index (χ3n) is 6.70. The minimum atomic E-state index is -0.234. The second-order valence-corrected chi connectivity index (χ2v) is 9.03. The summed E-state index contributed by atoms with van der Waals surface area (Å²) in [6, 6.07) is 10.5. The Bertz CT molecular complexity index is 1490. The highest BCUT2D eigenvalue weighted by molar-refractivity contribution is 5.76. The van der Waals surface area contributed by atoms with E-state index in [2.05, 4.69) is 41.9 Å². The fraction of sp³-hybridized carbons (Fsp3) is 0.269. The summed E-state index contributed by atoms with van der Waals surface area (Å²) in [5.41, 5.74) is 4.68. The zero-order valence-electron chi connectivity index (χ0n) is 20.0. The van der Waals surface area contributed by atoms with Crippen molar-refractivity contribution in [2.24, 2.45) is 0 Å². The first-order valence-electron chi connectivity index (χ1n) is 11.9. The molecule has 1 atom stereocenters. The monoisotopic (exact) mass is 484 g/mol. The van der Waals surface area contributed by atoms with Gasteiger partial charge in [-0.05, 0) is 36.2 Å². The highest BCUT2D eigenvalue weighted by Gasteiger charge is 2.23. The molecule has 1 fully saturated rings. The van der Waals surface area contributed by atoms with E-state index < -0.39 is 0 Å². The van der Waals surface area contributed by atoms with Gasteiger partial charge in [0.05, 0.1) is 0 Å². The van der Waals surface area contributed by atoms with E-state index in [4.69, 9.17) is 4.52 Å². The number of piperazine rings is 1. The van der Waals surface area contributed by atoms with Crippen LogP contribution >= 0.6 is 0 Å². The zero-order chi connectivity index (χ0) is 24.6. The van der Waals surface area contributed by atoms with Crippen LogP contribution in [0.25, 0.3) is 16.8 Å². The Balaban J connectivity index is 1.15. The largest absolute Gasteiger partial charge is 0.361 e. The molecule has 36 heavy (non-hydrogen) atoms. The van der Waals surface area contributed by atoms with E-state index in [1.807, 2.05) is 42.2 Å². The van der Waals surface area contributed by atoms with Crippen LogP contribution in [0.1, 0.15) is 29.7 Å². The number of anilines is 2. The van der Waals surface area contributed by atoms with Crippen molar-refractivity contribution in [1.29, 1.82) is 0 Å². The van der Waals surface area contributed by atoms with Gasteiger partial charge in [0.15, 0.2) is 5.82 Å². The topological polar surface area (TPSA) is 88.5 Å². The Labute approximate surface area is 207 Å². The van der Waals surface area contributed by atoms with Crippen molar-refractivity contribution in [3.8, 4) is 11.3 Å².